The van der Waals surface area contributed by atoms with Crippen LogP contribution in [-0.2, 0) is 14.8 Å². The van der Waals surface area contributed by atoms with Crippen LogP contribution in [0.15, 0.2) is 71.0 Å². The van der Waals surface area contributed by atoms with Crippen molar-refractivity contribution in [2.24, 2.45) is 0 Å². The van der Waals surface area contributed by atoms with Gasteiger partial charge in [0, 0.05) is 24.5 Å². The third-order valence-electron chi connectivity index (χ3n) is 5.03. The van der Waals surface area contributed by atoms with Crippen molar-refractivity contribution in [3.63, 3.8) is 0 Å². The number of nitrogens with one attached hydrogen (secondary N) is 1. The van der Waals surface area contributed by atoms with Gasteiger partial charge in [-0.3, -0.25) is 9.36 Å². The second-order valence-electron chi connectivity index (χ2n) is 7.20. The predicted octanol–water partition coefficient (Wildman–Crippen LogP) is 3.17. The summed E-state index contributed by atoms with van der Waals surface area (Å²) in [5.74, 6) is -0.206. The number of carbonyl (C=O) groups is 1. The maximum Gasteiger partial charge on any atom is 0.243 e. The molecule has 0 aliphatic carbocycles. The predicted molar refractivity (Wildman–Crippen MR) is 120 cm³/mol. The van der Waals surface area contributed by atoms with Gasteiger partial charge in [0.15, 0.2) is 5.16 Å². The van der Waals surface area contributed by atoms with E-state index < -0.39 is 15.3 Å². The highest BCUT2D eigenvalue weighted by Gasteiger charge is 2.27. The summed E-state index contributed by atoms with van der Waals surface area (Å²) in [4.78, 5) is 12.9. The van der Waals surface area contributed by atoms with Gasteiger partial charge in [-0.15, -0.1) is 10.2 Å². The molecule has 162 valence electrons. The summed E-state index contributed by atoms with van der Waals surface area (Å²) in [6, 6.07) is 16.0. The molecular formula is C21H23N5O3S2. The monoisotopic (exact) mass is 457 g/mol. The van der Waals surface area contributed by atoms with Crippen LogP contribution < -0.4 is 5.32 Å². The lowest BCUT2D eigenvalue weighted by Crippen LogP contribution is -2.27. The van der Waals surface area contributed by atoms with Crippen molar-refractivity contribution in [1.29, 1.82) is 0 Å². The number of aromatic nitrogens is 3. The Kier molecular flexibility index (Phi) is 6.40. The Labute approximate surface area is 185 Å². The average Bonchev–Trinajstić information content (AvgIpc) is 3.47. The summed E-state index contributed by atoms with van der Waals surface area (Å²) < 4.78 is 28.6. The van der Waals surface area contributed by atoms with E-state index in [1.165, 1.54) is 28.2 Å². The fourth-order valence-corrected chi connectivity index (χ4v) is 5.67. The number of amides is 1. The van der Waals surface area contributed by atoms with E-state index >= 15 is 0 Å². The minimum Gasteiger partial charge on any atom is -0.325 e. The molecule has 1 fully saturated rings. The topological polar surface area (TPSA) is 97.2 Å². The highest BCUT2D eigenvalue weighted by molar-refractivity contribution is 8.00. The molecule has 1 atom stereocenters. The van der Waals surface area contributed by atoms with Gasteiger partial charge in [0.05, 0.1) is 10.1 Å². The summed E-state index contributed by atoms with van der Waals surface area (Å²) in [5.41, 5.74) is 1.46. The number of anilines is 1. The molecular weight excluding hydrogens is 434 g/mol. The summed E-state index contributed by atoms with van der Waals surface area (Å²) >= 11 is 1.30. The lowest BCUT2D eigenvalue weighted by atomic mass is 10.3. The first-order valence-corrected chi connectivity index (χ1v) is 12.3. The zero-order valence-corrected chi connectivity index (χ0v) is 18.6. The fraction of sp³-hybridized carbons (Fsp3) is 0.286. The van der Waals surface area contributed by atoms with Crippen LogP contribution in [0.1, 0.15) is 19.8 Å². The first-order valence-electron chi connectivity index (χ1n) is 9.98. The Balaban J connectivity index is 1.40. The first-order chi connectivity index (χ1) is 14.9. The largest absolute Gasteiger partial charge is 0.325 e. The van der Waals surface area contributed by atoms with Crippen molar-refractivity contribution < 1.29 is 13.2 Å². The fourth-order valence-electron chi connectivity index (χ4n) is 3.31. The van der Waals surface area contributed by atoms with E-state index in [1.807, 2.05) is 34.9 Å². The van der Waals surface area contributed by atoms with Crippen molar-refractivity contribution in [3.05, 3.63) is 60.9 Å². The van der Waals surface area contributed by atoms with Gasteiger partial charge in [-0.25, -0.2) is 8.42 Å². The Morgan fingerprint density at radius 2 is 1.74 bits per heavy atom. The minimum atomic E-state index is -3.47. The zero-order valence-electron chi connectivity index (χ0n) is 17.0. The Morgan fingerprint density at radius 1 is 1.06 bits per heavy atom. The molecule has 0 radical (unpaired) electrons. The normalized spacial score (nSPS) is 15.6. The molecule has 2 heterocycles. The highest BCUT2D eigenvalue weighted by atomic mass is 32.2. The molecule has 3 aromatic rings. The zero-order chi connectivity index (χ0) is 21.8. The van der Waals surface area contributed by atoms with Gasteiger partial charge in [0.2, 0.25) is 15.9 Å². The van der Waals surface area contributed by atoms with Crippen molar-refractivity contribution in [2.75, 3.05) is 18.4 Å². The molecule has 1 N–H and O–H groups in total. The average molecular weight is 458 g/mol. The van der Waals surface area contributed by atoms with Gasteiger partial charge >= 0.3 is 0 Å². The van der Waals surface area contributed by atoms with E-state index in [4.69, 9.17) is 0 Å². The van der Waals surface area contributed by atoms with Crippen molar-refractivity contribution >= 4 is 33.4 Å². The van der Waals surface area contributed by atoms with Crippen molar-refractivity contribution in [2.45, 2.75) is 35.1 Å². The van der Waals surface area contributed by atoms with E-state index in [-0.39, 0.29) is 10.8 Å². The summed E-state index contributed by atoms with van der Waals surface area (Å²) in [7, 11) is -3.47. The molecule has 1 aromatic heterocycles. The van der Waals surface area contributed by atoms with Gasteiger partial charge in [-0.1, -0.05) is 30.0 Å². The number of thioether (sulfide) groups is 1. The quantitative estimate of drug-likeness (QED) is 0.548. The maximum absolute atomic E-state index is 12.7. The van der Waals surface area contributed by atoms with E-state index in [2.05, 4.69) is 15.5 Å². The Bertz CT molecular complexity index is 1140. The lowest BCUT2D eigenvalue weighted by molar-refractivity contribution is -0.115. The minimum absolute atomic E-state index is 0.206. The first kappa shape index (κ1) is 21.5. The number of nitrogens with zero attached hydrogens (tertiary/aromatic N) is 4. The molecule has 1 unspecified atom stereocenters. The molecule has 10 heteroatoms. The van der Waals surface area contributed by atoms with Crippen LogP contribution in [0, 0.1) is 0 Å². The summed E-state index contributed by atoms with van der Waals surface area (Å²) in [5, 5.41) is 11.1. The van der Waals surface area contributed by atoms with Gasteiger partial charge in [-0.05, 0) is 56.2 Å². The number of benzene rings is 2. The highest BCUT2D eigenvalue weighted by Crippen LogP contribution is 2.26. The number of rotatable bonds is 7. The molecule has 0 spiro atoms. The van der Waals surface area contributed by atoms with Gasteiger partial charge in [-0.2, -0.15) is 4.31 Å². The smallest absolute Gasteiger partial charge is 0.243 e. The Morgan fingerprint density at radius 3 is 2.42 bits per heavy atom. The molecule has 0 saturated carbocycles. The molecule has 1 aliphatic heterocycles. The molecule has 1 aliphatic rings. The van der Waals surface area contributed by atoms with Crippen LogP contribution in [0.5, 0.6) is 0 Å². The van der Waals surface area contributed by atoms with Gasteiger partial charge < -0.3 is 5.32 Å². The summed E-state index contributed by atoms with van der Waals surface area (Å²) in [6.45, 7) is 2.91. The molecule has 1 saturated heterocycles. The van der Waals surface area contributed by atoms with Gasteiger partial charge in [0.25, 0.3) is 0 Å². The Hall–Kier alpha value is -2.69. The van der Waals surface area contributed by atoms with Crippen LogP contribution in [0.3, 0.4) is 0 Å². The second-order valence-corrected chi connectivity index (χ2v) is 10.4. The van der Waals surface area contributed by atoms with Gasteiger partial charge in [0.1, 0.15) is 6.33 Å². The van der Waals surface area contributed by atoms with E-state index in [0.29, 0.717) is 23.9 Å². The van der Waals surface area contributed by atoms with Crippen LogP contribution in [0.4, 0.5) is 5.69 Å². The molecule has 2 aromatic carbocycles. The van der Waals surface area contributed by atoms with Crippen LogP contribution in [0.25, 0.3) is 5.69 Å². The van der Waals surface area contributed by atoms with E-state index in [0.717, 1.165) is 18.5 Å². The van der Waals surface area contributed by atoms with Crippen LogP contribution in [-0.4, -0.2) is 51.7 Å². The number of para-hydroxylation sites is 1. The summed E-state index contributed by atoms with van der Waals surface area (Å²) in [6.07, 6.45) is 3.39. The number of sulfonamides is 1. The SMILES string of the molecule is CC(Sc1nncn1-c1ccccc1)C(=O)Nc1ccc(S(=O)(=O)N2CCCC2)cc1. The molecule has 4 rings (SSSR count). The number of carbonyl (C=O) groups excluding carboxylic acids is 1. The maximum atomic E-state index is 12.7. The van der Waals surface area contributed by atoms with E-state index in [1.54, 1.807) is 25.4 Å². The molecule has 0 bridgehead atoms. The van der Waals surface area contributed by atoms with E-state index in [9.17, 15) is 13.2 Å². The van der Waals surface area contributed by atoms with Crippen LogP contribution >= 0.6 is 11.8 Å². The van der Waals surface area contributed by atoms with Crippen LogP contribution in [0.2, 0.25) is 0 Å². The number of hydrogen-bond acceptors (Lipinski definition) is 6. The van der Waals surface area contributed by atoms with Crippen molar-refractivity contribution in [3.8, 4) is 5.69 Å². The third kappa shape index (κ3) is 4.81. The lowest BCUT2D eigenvalue weighted by Gasteiger charge is -2.16. The molecule has 8 nitrogen and oxygen atoms in total. The standard InChI is InChI=1S/C21H23N5O3S2/c1-16(30-21-24-22-15-26(21)18-7-3-2-4-8-18)20(27)23-17-9-11-19(12-10-17)31(28,29)25-13-5-6-14-25/h2-4,7-12,15-16H,5-6,13-14H2,1H3,(H,23,27). The second kappa shape index (κ2) is 9.21. The molecule has 1 amide bonds. The molecule has 31 heavy (non-hydrogen) atoms. The van der Waals surface area contributed by atoms with Crippen molar-refractivity contribution in [1.82, 2.24) is 19.1 Å². The number of hydrogen-bond donors (Lipinski definition) is 1. The third-order valence-corrected chi connectivity index (χ3v) is 8.00.